The molecule has 2 aliphatic rings. The second-order valence-electron chi connectivity index (χ2n) is 9.33. The van der Waals surface area contributed by atoms with Crippen molar-refractivity contribution >= 4 is 22.6 Å². The van der Waals surface area contributed by atoms with E-state index in [4.69, 9.17) is 14.5 Å². The molecule has 0 bridgehead atoms. The first kappa shape index (κ1) is 21.6. The Morgan fingerprint density at radius 1 is 0.943 bits per heavy atom. The molecule has 0 saturated heterocycles. The fourth-order valence-corrected chi connectivity index (χ4v) is 5.39. The number of methoxy groups -OCH3 is 1. The molecule has 0 amide bonds. The predicted molar refractivity (Wildman–Crippen MR) is 132 cm³/mol. The van der Waals surface area contributed by atoms with Crippen molar-refractivity contribution in [2.75, 3.05) is 7.11 Å². The van der Waals surface area contributed by atoms with Gasteiger partial charge in [-0.05, 0) is 48.2 Å². The molecule has 6 heteroatoms. The minimum absolute atomic E-state index is 0.192. The number of nitrogens with one attached hydrogen (secondary N) is 1. The second kappa shape index (κ2) is 8.69. The van der Waals surface area contributed by atoms with Gasteiger partial charge in [0.05, 0.1) is 12.6 Å². The van der Waals surface area contributed by atoms with E-state index in [0.717, 1.165) is 24.2 Å². The molecule has 0 aliphatic heterocycles. The number of aromatic amines is 1. The Bertz CT molecular complexity index is 1430. The van der Waals surface area contributed by atoms with Gasteiger partial charge >= 0.3 is 0 Å². The average molecular weight is 467 g/mol. The number of imidazole rings is 1. The van der Waals surface area contributed by atoms with Gasteiger partial charge in [-0.3, -0.25) is 9.59 Å². The third-order valence-electron chi connectivity index (χ3n) is 7.23. The van der Waals surface area contributed by atoms with Gasteiger partial charge in [-0.2, -0.15) is 0 Å². The number of nitrogens with zero attached hydrogens (tertiary/aromatic N) is 1. The monoisotopic (exact) mass is 466 g/mol. The van der Waals surface area contributed by atoms with Crippen molar-refractivity contribution in [2.24, 2.45) is 0 Å². The summed E-state index contributed by atoms with van der Waals surface area (Å²) in [5.41, 5.74) is 3.92. The number of benzene rings is 3. The highest BCUT2D eigenvalue weighted by Crippen LogP contribution is 2.41. The molecule has 1 N–H and O–H groups in total. The van der Waals surface area contributed by atoms with E-state index in [1.165, 1.54) is 12.8 Å². The van der Waals surface area contributed by atoms with Crippen molar-refractivity contribution in [3.8, 4) is 11.5 Å². The summed E-state index contributed by atoms with van der Waals surface area (Å²) in [5, 5.41) is 0. The Hall–Kier alpha value is -3.93. The van der Waals surface area contributed by atoms with Crippen LogP contribution in [0.3, 0.4) is 0 Å². The summed E-state index contributed by atoms with van der Waals surface area (Å²) >= 11 is 0. The van der Waals surface area contributed by atoms with Crippen LogP contribution in [0, 0.1) is 0 Å². The number of H-pyrrole nitrogens is 1. The van der Waals surface area contributed by atoms with Crippen LogP contribution in [-0.4, -0.2) is 28.6 Å². The Morgan fingerprint density at radius 3 is 2.49 bits per heavy atom. The van der Waals surface area contributed by atoms with Crippen LogP contribution in [0.15, 0.2) is 60.7 Å². The van der Waals surface area contributed by atoms with Crippen LogP contribution in [0.2, 0.25) is 0 Å². The molecule has 4 aromatic rings. The van der Waals surface area contributed by atoms with E-state index in [1.807, 2.05) is 36.4 Å². The average Bonchev–Trinajstić information content (AvgIpc) is 3.62. The van der Waals surface area contributed by atoms with Crippen LogP contribution in [0.25, 0.3) is 11.0 Å². The number of hydrogen-bond donors (Lipinski definition) is 1. The molecular weight excluding hydrogens is 440 g/mol. The first-order chi connectivity index (χ1) is 17.1. The summed E-state index contributed by atoms with van der Waals surface area (Å²) in [6, 6.07) is 18.6. The zero-order chi connectivity index (χ0) is 23.9. The summed E-state index contributed by atoms with van der Waals surface area (Å²) < 4.78 is 11.5. The first-order valence-corrected chi connectivity index (χ1v) is 12.1. The molecule has 1 fully saturated rings. The highest BCUT2D eigenvalue weighted by Gasteiger charge is 2.41. The van der Waals surface area contributed by atoms with Crippen LogP contribution >= 0.6 is 0 Å². The quantitative estimate of drug-likeness (QED) is 0.354. The van der Waals surface area contributed by atoms with Crippen molar-refractivity contribution in [1.29, 1.82) is 0 Å². The van der Waals surface area contributed by atoms with Crippen LogP contribution in [0.5, 0.6) is 11.5 Å². The van der Waals surface area contributed by atoms with Crippen molar-refractivity contribution in [3.05, 3.63) is 88.7 Å². The lowest BCUT2D eigenvalue weighted by atomic mass is 9.93. The maximum absolute atomic E-state index is 13.6. The zero-order valence-corrected chi connectivity index (χ0v) is 19.5. The van der Waals surface area contributed by atoms with Gasteiger partial charge in [0.1, 0.15) is 35.4 Å². The number of carbonyl (C=O) groups excluding carboxylic acids is 2. The number of ketones is 2. The number of rotatable bonds is 6. The number of fused-ring (bicyclic) bond motifs is 2. The van der Waals surface area contributed by atoms with Gasteiger partial charge in [-0.1, -0.05) is 49.2 Å². The molecule has 1 heterocycles. The van der Waals surface area contributed by atoms with Gasteiger partial charge in [0, 0.05) is 17.0 Å². The Kier molecular flexibility index (Phi) is 5.36. The van der Waals surface area contributed by atoms with Gasteiger partial charge in [0.25, 0.3) is 0 Å². The summed E-state index contributed by atoms with van der Waals surface area (Å²) in [5.74, 6) is 1.18. The largest absolute Gasteiger partial charge is 0.494 e. The smallest absolute Gasteiger partial charge is 0.179 e. The zero-order valence-electron chi connectivity index (χ0n) is 19.5. The van der Waals surface area contributed by atoms with E-state index in [9.17, 15) is 9.59 Å². The van der Waals surface area contributed by atoms with Gasteiger partial charge < -0.3 is 14.5 Å². The van der Waals surface area contributed by atoms with Crippen LogP contribution in [0.1, 0.15) is 75.2 Å². The molecule has 6 nitrogen and oxygen atoms in total. The summed E-state index contributed by atoms with van der Waals surface area (Å²) in [6.07, 6.45) is 4.57. The molecule has 0 radical (unpaired) electrons. The third kappa shape index (κ3) is 3.70. The topological polar surface area (TPSA) is 81.3 Å². The van der Waals surface area contributed by atoms with Gasteiger partial charge in [-0.15, -0.1) is 0 Å². The SMILES string of the molecule is COc1ccc(C2C(=O)c3ccc(OCc4ccccc4)cc3C2=O)c2[nH]c(C3CCCC3)nc12. The lowest BCUT2D eigenvalue weighted by molar-refractivity contribution is 0.0890. The van der Waals surface area contributed by atoms with Crippen LogP contribution < -0.4 is 9.47 Å². The minimum atomic E-state index is -0.903. The van der Waals surface area contributed by atoms with E-state index in [1.54, 1.807) is 31.4 Å². The third-order valence-corrected chi connectivity index (χ3v) is 7.23. The molecule has 2 aliphatic carbocycles. The molecule has 1 aromatic heterocycles. The normalized spacial score (nSPS) is 17.8. The molecule has 6 rings (SSSR count). The van der Waals surface area contributed by atoms with Gasteiger partial charge in [-0.25, -0.2) is 4.98 Å². The Balaban J connectivity index is 1.34. The maximum atomic E-state index is 13.6. The predicted octanol–water partition coefficient (Wildman–Crippen LogP) is 5.97. The maximum Gasteiger partial charge on any atom is 0.179 e. The van der Waals surface area contributed by atoms with Crippen molar-refractivity contribution in [3.63, 3.8) is 0 Å². The summed E-state index contributed by atoms with van der Waals surface area (Å²) in [4.78, 5) is 35.3. The number of carbonyl (C=O) groups is 2. The van der Waals surface area contributed by atoms with Gasteiger partial charge in [0.2, 0.25) is 0 Å². The summed E-state index contributed by atoms with van der Waals surface area (Å²) in [6.45, 7) is 0.391. The van der Waals surface area contributed by atoms with Crippen LogP contribution in [-0.2, 0) is 6.61 Å². The van der Waals surface area contributed by atoms with Gasteiger partial charge in [0.15, 0.2) is 11.6 Å². The molecule has 1 atom stereocenters. The number of aromatic nitrogens is 2. The number of ether oxygens (including phenoxy) is 2. The van der Waals surface area contributed by atoms with Crippen LogP contribution in [0.4, 0.5) is 0 Å². The van der Waals surface area contributed by atoms with E-state index < -0.39 is 5.92 Å². The standard InChI is InChI=1S/C29H26N2O4/c1-34-23-14-13-21(25-26(23)31-29(30-25)18-9-5-6-10-18)24-27(32)20-12-11-19(15-22(20)28(24)33)35-16-17-7-3-2-4-8-17/h2-4,7-8,11-15,18,24H,5-6,9-10,16H2,1H3,(H,30,31). The molecule has 3 aromatic carbocycles. The minimum Gasteiger partial charge on any atom is -0.494 e. The Labute approximate surface area is 203 Å². The van der Waals surface area contributed by atoms with Crippen molar-refractivity contribution < 1.29 is 19.1 Å². The van der Waals surface area contributed by atoms with E-state index in [2.05, 4.69) is 4.98 Å². The molecule has 35 heavy (non-hydrogen) atoms. The number of Topliss-reactive ketones (excluding diaryl/α,β-unsaturated/α-hetero) is 2. The Morgan fingerprint density at radius 2 is 1.71 bits per heavy atom. The molecule has 176 valence electrons. The summed E-state index contributed by atoms with van der Waals surface area (Å²) in [7, 11) is 1.61. The first-order valence-electron chi connectivity index (χ1n) is 12.1. The van der Waals surface area contributed by atoms with E-state index in [0.29, 0.717) is 51.7 Å². The lowest BCUT2D eigenvalue weighted by Gasteiger charge is -2.10. The van der Waals surface area contributed by atoms with E-state index >= 15 is 0 Å². The molecule has 1 unspecified atom stereocenters. The fraction of sp³-hybridized carbons (Fsp3) is 0.276. The van der Waals surface area contributed by atoms with Crippen molar-refractivity contribution in [1.82, 2.24) is 9.97 Å². The molecular formula is C29H26N2O4. The fourth-order valence-electron chi connectivity index (χ4n) is 5.39. The number of hydrogen-bond acceptors (Lipinski definition) is 5. The van der Waals surface area contributed by atoms with E-state index in [-0.39, 0.29) is 11.6 Å². The highest BCUT2D eigenvalue weighted by molar-refractivity contribution is 6.30. The second-order valence-corrected chi connectivity index (χ2v) is 9.33. The molecule has 1 saturated carbocycles. The van der Waals surface area contributed by atoms with Crippen molar-refractivity contribution in [2.45, 2.75) is 44.1 Å². The lowest BCUT2D eigenvalue weighted by Crippen LogP contribution is -2.13. The molecule has 0 spiro atoms. The highest BCUT2D eigenvalue weighted by atomic mass is 16.5.